The topological polar surface area (TPSA) is 52.8 Å². The minimum absolute atomic E-state index is 0.415. The minimum atomic E-state index is 0.415. The van der Waals surface area contributed by atoms with Crippen molar-refractivity contribution in [3.63, 3.8) is 0 Å². The van der Waals surface area contributed by atoms with Crippen LogP contribution in [0.5, 0.6) is 11.6 Å². The second-order valence-electron chi connectivity index (χ2n) is 4.03. The van der Waals surface area contributed by atoms with E-state index >= 15 is 0 Å². The summed E-state index contributed by atoms with van der Waals surface area (Å²) in [6, 6.07) is 0. The first-order valence-corrected chi connectivity index (χ1v) is 6.19. The summed E-state index contributed by atoms with van der Waals surface area (Å²) in [5.41, 5.74) is 0.727. The molecule has 6 heteroatoms. The Hall–Kier alpha value is -1.62. The average Bonchev–Trinajstić information content (AvgIpc) is 2.73. The fourth-order valence-electron chi connectivity index (χ4n) is 1.53. The van der Waals surface area contributed by atoms with Gasteiger partial charge in [-0.25, -0.2) is 4.98 Å². The predicted molar refractivity (Wildman–Crippen MR) is 69.1 cm³/mol. The number of ether oxygens (including phenoxy) is 1. The number of hydrogen-bond acceptors (Lipinski definition) is 4. The fourth-order valence-corrected chi connectivity index (χ4v) is 1.73. The standard InChI is InChI=1S/C12H15ClN4O/c1-4-5-17-7-10(6-14-17)18-12-8(2)11(13)15-9(3)16-12/h6-7H,4-5H2,1-3H3. The molecule has 0 N–H and O–H groups in total. The SMILES string of the molecule is CCCn1cc(Oc2nc(C)nc(Cl)c2C)cn1. The number of hydrogen-bond donors (Lipinski definition) is 0. The molecule has 0 atom stereocenters. The summed E-state index contributed by atoms with van der Waals surface area (Å²) in [5.74, 6) is 1.71. The van der Waals surface area contributed by atoms with Gasteiger partial charge in [-0.3, -0.25) is 4.68 Å². The minimum Gasteiger partial charge on any atom is -0.435 e. The third-order valence-electron chi connectivity index (χ3n) is 2.43. The summed E-state index contributed by atoms with van der Waals surface area (Å²) < 4.78 is 7.51. The molecule has 0 aliphatic rings. The maximum Gasteiger partial charge on any atom is 0.227 e. The molecule has 0 aliphatic heterocycles. The van der Waals surface area contributed by atoms with Gasteiger partial charge in [0.25, 0.3) is 0 Å². The van der Waals surface area contributed by atoms with E-state index in [0.717, 1.165) is 18.5 Å². The third kappa shape index (κ3) is 2.79. The highest BCUT2D eigenvalue weighted by atomic mass is 35.5. The molecule has 2 rings (SSSR count). The summed E-state index contributed by atoms with van der Waals surface area (Å²) in [5, 5.41) is 4.61. The van der Waals surface area contributed by atoms with Crippen LogP contribution >= 0.6 is 11.6 Å². The number of halogens is 1. The molecule has 0 unspecified atom stereocenters. The molecule has 0 saturated heterocycles. The van der Waals surface area contributed by atoms with Crippen molar-refractivity contribution in [2.45, 2.75) is 33.7 Å². The molecule has 0 spiro atoms. The van der Waals surface area contributed by atoms with E-state index in [2.05, 4.69) is 22.0 Å². The Morgan fingerprint density at radius 2 is 2.11 bits per heavy atom. The summed E-state index contributed by atoms with van der Waals surface area (Å²) in [4.78, 5) is 8.29. The Morgan fingerprint density at radius 3 is 2.83 bits per heavy atom. The van der Waals surface area contributed by atoms with Gasteiger partial charge in [0.15, 0.2) is 5.75 Å². The van der Waals surface area contributed by atoms with Crippen molar-refractivity contribution >= 4 is 11.6 Å². The van der Waals surface area contributed by atoms with Crippen molar-refractivity contribution < 1.29 is 4.74 Å². The lowest BCUT2D eigenvalue weighted by molar-refractivity contribution is 0.454. The van der Waals surface area contributed by atoms with E-state index in [0.29, 0.717) is 22.6 Å². The molecule has 96 valence electrons. The van der Waals surface area contributed by atoms with E-state index in [-0.39, 0.29) is 0 Å². The van der Waals surface area contributed by atoms with Crippen molar-refractivity contribution in [2.24, 2.45) is 0 Å². The number of rotatable bonds is 4. The van der Waals surface area contributed by atoms with Crippen LogP contribution in [0.15, 0.2) is 12.4 Å². The molecule has 0 aromatic carbocycles. The molecule has 18 heavy (non-hydrogen) atoms. The fraction of sp³-hybridized carbons (Fsp3) is 0.417. The molecule has 5 nitrogen and oxygen atoms in total. The lowest BCUT2D eigenvalue weighted by atomic mass is 10.3. The maximum absolute atomic E-state index is 5.99. The molecule has 0 radical (unpaired) electrons. The maximum atomic E-state index is 5.99. The smallest absolute Gasteiger partial charge is 0.227 e. The normalized spacial score (nSPS) is 10.7. The Kier molecular flexibility index (Phi) is 3.81. The largest absolute Gasteiger partial charge is 0.435 e. The van der Waals surface area contributed by atoms with Crippen LogP contribution in [0.25, 0.3) is 0 Å². The zero-order valence-corrected chi connectivity index (χ0v) is 11.4. The van der Waals surface area contributed by atoms with Gasteiger partial charge in [-0.05, 0) is 20.3 Å². The van der Waals surface area contributed by atoms with E-state index in [4.69, 9.17) is 16.3 Å². The number of aromatic nitrogens is 4. The van der Waals surface area contributed by atoms with Crippen LogP contribution < -0.4 is 4.74 Å². The highest BCUT2D eigenvalue weighted by molar-refractivity contribution is 6.30. The van der Waals surface area contributed by atoms with Crippen LogP contribution in [-0.4, -0.2) is 19.7 Å². The van der Waals surface area contributed by atoms with Crippen LogP contribution in [0.4, 0.5) is 0 Å². The van der Waals surface area contributed by atoms with Gasteiger partial charge in [-0.15, -0.1) is 0 Å². The first kappa shape index (κ1) is 12.8. The molecule has 0 saturated carbocycles. The van der Waals surface area contributed by atoms with Gasteiger partial charge in [0, 0.05) is 12.1 Å². The van der Waals surface area contributed by atoms with E-state index in [9.17, 15) is 0 Å². The van der Waals surface area contributed by atoms with Crippen LogP contribution in [0.2, 0.25) is 5.15 Å². The second-order valence-corrected chi connectivity index (χ2v) is 4.39. The monoisotopic (exact) mass is 266 g/mol. The molecule has 2 heterocycles. The lowest BCUT2D eigenvalue weighted by Crippen LogP contribution is -1.97. The van der Waals surface area contributed by atoms with E-state index < -0.39 is 0 Å². The highest BCUT2D eigenvalue weighted by Crippen LogP contribution is 2.26. The van der Waals surface area contributed by atoms with Gasteiger partial charge in [0.05, 0.1) is 12.4 Å². The van der Waals surface area contributed by atoms with Crippen molar-refractivity contribution in [3.05, 3.63) is 28.9 Å². The molecular weight excluding hydrogens is 252 g/mol. The number of nitrogens with zero attached hydrogens (tertiary/aromatic N) is 4. The van der Waals surface area contributed by atoms with Crippen LogP contribution in [-0.2, 0) is 6.54 Å². The molecular formula is C12H15ClN4O. The molecule has 2 aromatic rings. The molecule has 0 fully saturated rings. The van der Waals surface area contributed by atoms with Gasteiger partial charge in [-0.2, -0.15) is 10.1 Å². The van der Waals surface area contributed by atoms with Gasteiger partial charge in [-0.1, -0.05) is 18.5 Å². The van der Waals surface area contributed by atoms with Crippen molar-refractivity contribution in [3.8, 4) is 11.6 Å². The quantitative estimate of drug-likeness (QED) is 0.798. The first-order chi connectivity index (χ1) is 8.60. The summed E-state index contributed by atoms with van der Waals surface area (Å²) in [7, 11) is 0. The molecule has 0 aliphatic carbocycles. The van der Waals surface area contributed by atoms with Crippen LogP contribution in [0.3, 0.4) is 0 Å². The molecule has 0 bridgehead atoms. The Labute approximate surface area is 111 Å². The zero-order valence-electron chi connectivity index (χ0n) is 10.6. The Balaban J connectivity index is 2.22. The summed E-state index contributed by atoms with van der Waals surface area (Å²) in [6.07, 6.45) is 4.54. The Morgan fingerprint density at radius 1 is 1.33 bits per heavy atom. The summed E-state index contributed by atoms with van der Waals surface area (Å²) in [6.45, 7) is 6.57. The number of aryl methyl sites for hydroxylation is 2. The predicted octanol–water partition coefficient (Wildman–Crippen LogP) is 3.15. The third-order valence-corrected chi connectivity index (χ3v) is 2.80. The van der Waals surface area contributed by atoms with Gasteiger partial charge >= 0.3 is 0 Å². The van der Waals surface area contributed by atoms with Crippen LogP contribution in [0.1, 0.15) is 24.7 Å². The summed E-state index contributed by atoms with van der Waals surface area (Å²) >= 11 is 5.99. The van der Waals surface area contributed by atoms with Gasteiger partial charge < -0.3 is 4.74 Å². The zero-order chi connectivity index (χ0) is 13.1. The van der Waals surface area contributed by atoms with Crippen molar-refractivity contribution in [1.82, 2.24) is 19.7 Å². The average molecular weight is 267 g/mol. The van der Waals surface area contributed by atoms with Crippen LogP contribution in [0, 0.1) is 13.8 Å². The highest BCUT2D eigenvalue weighted by Gasteiger charge is 2.10. The van der Waals surface area contributed by atoms with Gasteiger partial charge in [0.2, 0.25) is 5.88 Å². The second kappa shape index (κ2) is 5.35. The molecule has 2 aromatic heterocycles. The lowest BCUT2D eigenvalue weighted by Gasteiger charge is -2.07. The van der Waals surface area contributed by atoms with Crippen molar-refractivity contribution in [1.29, 1.82) is 0 Å². The first-order valence-electron chi connectivity index (χ1n) is 5.81. The molecule has 0 amide bonds. The van der Waals surface area contributed by atoms with Crippen molar-refractivity contribution in [2.75, 3.05) is 0 Å². The van der Waals surface area contributed by atoms with E-state index in [1.54, 1.807) is 13.1 Å². The Bertz CT molecular complexity index is 553. The van der Waals surface area contributed by atoms with Gasteiger partial charge in [0.1, 0.15) is 11.0 Å². The van der Waals surface area contributed by atoms with E-state index in [1.807, 2.05) is 17.8 Å². The van der Waals surface area contributed by atoms with E-state index in [1.165, 1.54) is 0 Å².